The van der Waals surface area contributed by atoms with Gasteiger partial charge in [0.25, 0.3) is 0 Å². The molecule has 3 aromatic carbocycles. The Kier molecular flexibility index (Phi) is 5.68. The van der Waals surface area contributed by atoms with Gasteiger partial charge in [0, 0.05) is 17.3 Å². The quantitative estimate of drug-likeness (QED) is 0.465. The molecule has 6 nitrogen and oxygen atoms in total. The van der Waals surface area contributed by atoms with Crippen LogP contribution < -0.4 is 10.6 Å². The number of rotatable bonds is 6. The number of hydrogen-bond acceptors (Lipinski definition) is 4. The summed E-state index contributed by atoms with van der Waals surface area (Å²) in [6, 6.07) is 21.6. The van der Waals surface area contributed by atoms with Gasteiger partial charge in [0.05, 0.1) is 18.5 Å². The lowest BCUT2D eigenvalue weighted by molar-refractivity contribution is -0.126. The van der Waals surface area contributed by atoms with Gasteiger partial charge in [-0.05, 0) is 40.6 Å². The van der Waals surface area contributed by atoms with Crippen molar-refractivity contribution in [3.05, 3.63) is 84.6 Å². The van der Waals surface area contributed by atoms with Crippen LogP contribution in [0.1, 0.15) is 5.56 Å². The number of carbonyl (C=O) groups is 2. The van der Waals surface area contributed by atoms with E-state index in [1.54, 1.807) is 24.4 Å². The SMILES string of the molecule is O=C(Cc1cccc2ccccc12)N[C@@H](CO)C(=O)Nc1ccc2ncccc2c1. The lowest BCUT2D eigenvalue weighted by Crippen LogP contribution is -2.46. The summed E-state index contributed by atoms with van der Waals surface area (Å²) >= 11 is 0. The molecule has 0 bridgehead atoms. The van der Waals surface area contributed by atoms with E-state index in [9.17, 15) is 14.7 Å². The number of hydrogen-bond donors (Lipinski definition) is 3. The number of nitrogens with zero attached hydrogens (tertiary/aromatic N) is 1. The minimum atomic E-state index is -1.04. The highest BCUT2D eigenvalue weighted by Gasteiger charge is 2.20. The molecule has 30 heavy (non-hydrogen) atoms. The van der Waals surface area contributed by atoms with Crippen LogP contribution in [0.3, 0.4) is 0 Å². The van der Waals surface area contributed by atoms with E-state index in [2.05, 4.69) is 15.6 Å². The summed E-state index contributed by atoms with van der Waals surface area (Å²) in [6.07, 6.45) is 1.82. The molecule has 6 heteroatoms. The Bertz CT molecular complexity index is 1220. The third kappa shape index (κ3) is 4.29. The Morgan fingerprint density at radius 3 is 2.60 bits per heavy atom. The van der Waals surface area contributed by atoms with E-state index in [0.717, 1.165) is 27.2 Å². The second kappa shape index (κ2) is 8.71. The molecule has 0 saturated carbocycles. The molecule has 0 unspecified atom stereocenters. The van der Waals surface area contributed by atoms with Gasteiger partial charge in [-0.1, -0.05) is 48.5 Å². The Hall–Kier alpha value is -3.77. The average Bonchev–Trinajstić information content (AvgIpc) is 2.77. The van der Waals surface area contributed by atoms with Gasteiger partial charge < -0.3 is 15.7 Å². The fourth-order valence-corrected chi connectivity index (χ4v) is 3.44. The molecular weight excluding hydrogens is 378 g/mol. The summed E-state index contributed by atoms with van der Waals surface area (Å²) in [7, 11) is 0. The number of amides is 2. The summed E-state index contributed by atoms with van der Waals surface area (Å²) < 4.78 is 0. The smallest absolute Gasteiger partial charge is 0.249 e. The standard InChI is InChI=1S/C24H21N3O3/c28-15-22(24(30)26-19-10-11-21-18(13-19)8-4-12-25-21)27-23(29)14-17-7-3-6-16-5-1-2-9-20(16)17/h1-13,22,28H,14-15H2,(H,26,30)(H,27,29)/t22-/m0/s1. The number of nitrogens with one attached hydrogen (secondary N) is 2. The number of carbonyl (C=O) groups excluding carboxylic acids is 2. The first-order chi connectivity index (χ1) is 14.6. The van der Waals surface area contributed by atoms with E-state index in [-0.39, 0.29) is 12.3 Å². The predicted octanol–water partition coefficient (Wildman–Crippen LogP) is 3.05. The van der Waals surface area contributed by atoms with Crippen LogP contribution in [0, 0.1) is 0 Å². The topological polar surface area (TPSA) is 91.3 Å². The van der Waals surface area contributed by atoms with Crippen molar-refractivity contribution < 1.29 is 14.7 Å². The zero-order valence-corrected chi connectivity index (χ0v) is 16.2. The largest absolute Gasteiger partial charge is 0.394 e. The van der Waals surface area contributed by atoms with Crippen LogP contribution in [0.4, 0.5) is 5.69 Å². The third-order valence-electron chi connectivity index (χ3n) is 4.94. The molecule has 0 spiro atoms. The van der Waals surface area contributed by atoms with E-state index >= 15 is 0 Å². The first kappa shape index (κ1) is 19.5. The number of aliphatic hydroxyl groups excluding tert-OH is 1. The van der Waals surface area contributed by atoms with Gasteiger partial charge >= 0.3 is 0 Å². The fourth-order valence-electron chi connectivity index (χ4n) is 3.44. The second-order valence-corrected chi connectivity index (χ2v) is 7.02. The van der Waals surface area contributed by atoms with Crippen LogP contribution in [0.25, 0.3) is 21.7 Å². The molecule has 4 rings (SSSR count). The predicted molar refractivity (Wildman–Crippen MR) is 117 cm³/mol. The lowest BCUT2D eigenvalue weighted by atomic mass is 10.0. The molecule has 0 aliphatic heterocycles. The highest BCUT2D eigenvalue weighted by atomic mass is 16.3. The Labute approximate surface area is 173 Å². The molecule has 2 amide bonds. The van der Waals surface area contributed by atoms with E-state index in [1.165, 1.54) is 0 Å². The molecule has 1 aromatic heterocycles. The Balaban J connectivity index is 1.43. The molecule has 0 radical (unpaired) electrons. The van der Waals surface area contributed by atoms with E-state index in [1.807, 2.05) is 54.6 Å². The van der Waals surface area contributed by atoms with Crippen LogP contribution in [-0.2, 0) is 16.0 Å². The zero-order valence-electron chi connectivity index (χ0n) is 16.2. The highest BCUT2D eigenvalue weighted by Crippen LogP contribution is 2.19. The van der Waals surface area contributed by atoms with E-state index in [0.29, 0.717) is 5.69 Å². The van der Waals surface area contributed by atoms with E-state index in [4.69, 9.17) is 0 Å². The monoisotopic (exact) mass is 399 g/mol. The molecule has 0 fully saturated rings. The molecule has 1 heterocycles. The van der Waals surface area contributed by atoms with Crippen LogP contribution in [-0.4, -0.2) is 34.6 Å². The number of fused-ring (bicyclic) bond motifs is 2. The lowest BCUT2D eigenvalue weighted by Gasteiger charge is -2.17. The normalized spacial score (nSPS) is 11.9. The highest BCUT2D eigenvalue weighted by molar-refractivity contribution is 5.99. The molecule has 3 N–H and O–H groups in total. The summed E-state index contributed by atoms with van der Waals surface area (Å²) in [6.45, 7) is -0.498. The van der Waals surface area contributed by atoms with Crippen molar-refractivity contribution in [2.45, 2.75) is 12.5 Å². The first-order valence-electron chi connectivity index (χ1n) is 9.66. The van der Waals surface area contributed by atoms with Gasteiger partial charge in [0.2, 0.25) is 11.8 Å². The maximum Gasteiger partial charge on any atom is 0.249 e. The van der Waals surface area contributed by atoms with Crippen LogP contribution in [0.5, 0.6) is 0 Å². The Morgan fingerprint density at radius 2 is 1.73 bits per heavy atom. The minimum absolute atomic E-state index is 0.118. The van der Waals surface area contributed by atoms with Gasteiger partial charge in [0.15, 0.2) is 0 Å². The molecule has 150 valence electrons. The molecule has 0 aliphatic carbocycles. The second-order valence-electron chi connectivity index (χ2n) is 7.02. The van der Waals surface area contributed by atoms with Crippen molar-refractivity contribution in [1.82, 2.24) is 10.3 Å². The van der Waals surface area contributed by atoms with Crippen LogP contribution in [0.15, 0.2) is 79.0 Å². The van der Waals surface area contributed by atoms with E-state index < -0.39 is 18.6 Å². The Morgan fingerprint density at radius 1 is 0.933 bits per heavy atom. The average molecular weight is 399 g/mol. The summed E-state index contributed by atoms with van der Waals surface area (Å²) in [5.41, 5.74) is 2.25. The molecular formula is C24H21N3O3. The molecule has 0 saturated heterocycles. The zero-order chi connectivity index (χ0) is 20.9. The number of aliphatic hydroxyl groups is 1. The van der Waals surface area contributed by atoms with Gasteiger partial charge in [-0.25, -0.2) is 0 Å². The van der Waals surface area contributed by atoms with Crippen molar-refractivity contribution in [1.29, 1.82) is 0 Å². The van der Waals surface area contributed by atoms with Crippen molar-refractivity contribution in [2.75, 3.05) is 11.9 Å². The van der Waals surface area contributed by atoms with Crippen molar-refractivity contribution in [3.63, 3.8) is 0 Å². The van der Waals surface area contributed by atoms with Gasteiger partial charge in [-0.2, -0.15) is 0 Å². The first-order valence-corrected chi connectivity index (χ1v) is 9.66. The minimum Gasteiger partial charge on any atom is -0.394 e. The molecule has 1 atom stereocenters. The van der Waals surface area contributed by atoms with Gasteiger partial charge in [-0.15, -0.1) is 0 Å². The van der Waals surface area contributed by atoms with Crippen LogP contribution >= 0.6 is 0 Å². The molecule has 4 aromatic rings. The summed E-state index contributed by atoms with van der Waals surface area (Å²) in [5.74, 6) is -0.810. The molecule has 0 aliphatic rings. The van der Waals surface area contributed by atoms with Crippen molar-refractivity contribution in [3.8, 4) is 0 Å². The number of pyridine rings is 1. The fraction of sp³-hybridized carbons (Fsp3) is 0.125. The number of anilines is 1. The number of aromatic nitrogens is 1. The number of benzene rings is 3. The van der Waals surface area contributed by atoms with Crippen LogP contribution in [0.2, 0.25) is 0 Å². The maximum atomic E-state index is 12.6. The summed E-state index contributed by atoms with van der Waals surface area (Å²) in [4.78, 5) is 29.4. The van der Waals surface area contributed by atoms with Crippen molar-refractivity contribution >= 4 is 39.2 Å². The van der Waals surface area contributed by atoms with Crippen molar-refractivity contribution in [2.24, 2.45) is 0 Å². The van der Waals surface area contributed by atoms with Gasteiger partial charge in [0.1, 0.15) is 6.04 Å². The van der Waals surface area contributed by atoms with Gasteiger partial charge in [-0.3, -0.25) is 14.6 Å². The maximum absolute atomic E-state index is 12.6. The summed E-state index contributed by atoms with van der Waals surface area (Å²) in [5, 5.41) is 17.9. The third-order valence-corrected chi connectivity index (χ3v) is 4.94.